The molecule has 2 aromatic carbocycles. The Hall–Kier alpha value is -1.70. The molecule has 0 saturated carbocycles. The number of amides is 1. The van der Waals surface area contributed by atoms with Crippen molar-refractivity contribution in [3.05, 3.63) is 91.7 Å². The van der Waals surface area contributed by atoms with Gasteiger partial charge in [0, 0.05) is 16.7 Å². The van der Waals surface area contributed by atoms with Crippen LogP contribution in [0.3, 0.4) is 0 Å². The third kappa shape index (κ3) is 3.56. The summed E-state index contributed by atoms with van der Waals surface area (Å²) in [7, 11) is 0. The first-order valence-corrected chi connectivity index (χ1v) is 10.6. The summed E-state index contributed by atoms with van der Waals surface area (Å²) < 4.78 is 0.990. The number of rotatable bonds is 4. The highest BCUT2D eigenvalue weighted by atomic mass is 127. The number of hydrazine groups is 1. The van der Waals surface area contributed by atoms with Crippen LogP contribution in [0.15, 0.2) is 71.4 Å². The molecular weight excluding hydrogens is 455 g/mol. The van der Waals surface area contributed by atoms with Crippen molar-refractivity contribution in [2.75, 3.05) is 6.54 Å². The molecule has 1 aliphatic rings. The van der Waals surface area contributed by atoms with Gasteiger partial charge in [-0.05, 0) is 69.1 Å². The van der Waals surface area contributed by atoms with Crippen molar-refractivity contribution in [3.63, 3.8) is 0 Å². The van der Waals surface area contributed by atoms with Crippen LogP contribution in [-0.2, 0) is 6.54 Å². The fourth-order valence-electron chi connectivity index (χ4n) is 3.46. The second-order valence-corrected chi connectivity index (χ2v) is 8.31. The Balaban J connectivity index is 1.69. The number of benzene rings is 2. The summed E-state index contributed by atoms with van der Waals surface area (Å²) in [5, 5.41) is 8.42. The highest BCUT2D eigenvalue weighted by Gasteiger charge is 2.37. The Morgan fingerprint density at radius 2 is 1.85 bits per heavy atom. The second-order valence-electron chi connectivity index (χ2n) is 6.36. The van der Waals surface area contributed by atoms with Crippen molar-refractivity contribution in [2.45, 2.75) is 19.0 Å². The smallest absolute Gasteiger partial charge is 0.268 e. The Kier molecular flexibility index (Phi) is 5.38. The lowest BCUT2D eigenvalue weighted by Gasteiger charge is -2.33. The fraction of sp³-hybridized carbons (Fsp3) is 0.190. The molecule has 4 rings (SSSR count). The summed E-state index contributed by atoms with van der Waals surface area (Å²) in [6.45, 7) is 1.65. The normalized spacial score (nSPS) is 17.6. The lowest BCUT2D eigenvalue weighted by Crippen LogP contribution is -2.42. The quantitative estimate of drug-likeness (QED) is 0.476. The molecule has 3 nitrogen and oxygen atoms in total. The van der Waals surface area contributed by atoms with E-state index in [-0.39, 0.29) is 11.9 Å². The van der Waals surface area contributed by atoms with Crippen LogP contribution in [0.5, 0.6) is 0 Å². The zero-order valence-corrected chi connectivity index (χ0v) is 17.2. The van der Waals surface area contributed by atoms with Crippen LogP contribution >= 0.6 is 33.9 Å². The Morgan fingerprint density at radius 1 is 1.08 bits per heavy atom. The number of carbonyl (C=O) groups is 1. The Bertz CT molecular complexity index is 882. The van der Waals surface area contributed by atoms with E-state index in [9.17, 15) is 4.79 Å². The summed E-state index contributed by atoms with van der Waals surface area (Å²) in [6, 6.07) is 20.4. The molecular formula is C21H19IN2OS. The third-order valence-electron chi connectivity index (χ3n) is 4.70. The van der Waals surface area contributed by atoms with Gasteiger partial charge in [-0.15, -0.1) is 0 Å². The molecule has 5 heteroatoms. The number of carbonyl (C=O) groups excluding carboxylic acids is 1. The summed E-state index contributed by atoms with van der Waals surface area (Å²) in [4.78, 5) is 13.5. The first-order valence-electron chi connectivity index (χ1n) is 8.63. The minimum absolute atomic E-state index is 0.0802. The van der Waals surface area contributed by atoms with Gasteiger partial charge in [-0.3, -0.25) is 9.80 Å². The minimum Gasteiger partial charge on any atom is -0.268 e. The summed E-state index contributed by atoms with van der Waals surface area (Å²) in [5.74, 6) is 0.0802. The van der Waals surface area contributed by atoms with Crippen LogP contribution in [0.25, 0.3) is 0 Å². The van der Waals surface area contributed by atoms with Gasteiger partial charge in [-0.2, -0.15) is 11.3 Å². The predicted molar refractivity (Wildman–Crippen MR) is 114 cm³/mol. The second kappa shape index (κ2) is 7.90. The van der Waals surface area contributed by atoms with Gasteiger partial charge in [0.25, 0.3) is 5.91 Å². The summed E-state index contributed by atoms with van der Waals surface area (Å²) >= 11 is 3.95. The van der Waals surface area contributed by atoms with Gasteiger partial charge in [-0.25, -0.2) is 5.01 Å². The summed E-state index contributed by atoms with van der Waals surface area (Å²) in [6.07, 6.45) is 0.948. The molecule has 1 saturated heterocycles. The van der Waals surface area contributed by atoms with Crippen molar-refractivity contribution in [1.82, 2.24) is 10.0 Å². The van der Waals surface area contributed by atoms with Crippen molar-refractivity contribution >= 4 is 39.8 Å². The van der Waals surface area contributed by atoms with E-state index < -0.39 is 0 Å². The molecule has 1 amide bonds. The molecule has 26 heavy (non-hydrogen) atoms. The molecule has 132 valence electrons. The number of halogens is 1. The van der Waals surface area contributed by atoms with E-state index >= 15 is 0 Å². The Morgan fingerprint density at radius 3 is 2.58 bits per heavy atom. The van der Waals surface area contributed by atoms with Crippen LogP contribution in [0.2, 0.25) is 0 Å². The van der Waals surface area contributed by atoms with E-state index in [0.717, 1.165) is 28.6 Å². The molecule has 0 spiro atoms. The molecule has 1 aromatic heterocycles. The van der Waals surface area contributed by atoms with Gasteiger partial charge < -0.3 is 0 Å². The molecule has 0 N–H and O–H groups in total. The molecule has 2 heterocycles. The van der Waals surface area contributed by atoms with E-state index in [0.29, 0.717) is 0 Å². The average Bonchev–Trinajstić information content (AvgIpc) is 3.33. The maximum atomic E-state index is 13.5. The molecule has 0 bridgehead atoms. The summed E-state index contributed by atoms with van der Waals surface area (Å²) in [5.41, 5.74) is 3.22. The van der Waals surface area contributed by atoms with E-state index in [1.165, 1.54) is 11.1 Å². The molecule has 0 unspecified atom stereocenters. The maximum Gasteiger partial charge on any atom is 0.269 e. The van der Waals surface area contributed by atoms with Crippen LogP contribution in [0, 0.1) is 3.57 Å². The monoisotopic (exact) mass is 474 g/mol. The number of hydrogen-bond acceptors (Lipinski definition) is 3. The van der Waals surface area contributed by atoms with Crippen molar-refractivity contribution in [2.24, 2.45) is 0 Å². The molecule has 3 aromatic rings. The predicted octanol–water partition coefficient (Wildman–Crippen LogP) is 5.36. The van der Waals surface area contributed by atoms with Crippen molar-refractivity contribution in [3.8, 4) is 0 Å². The van der Waals surface area contributed by atoms with Gasteiger partial charge in [0.2, 0.25) is 0 Å². The minimum atomic E-state index is 0.0802. The van der Waals surface area contributed by atoms with Gasteiger partial charge in [-0.1, -0.05) is 42.5 Å². The SMILES string of the molecule is O=C(c1ccccc1I)N1[C@H](c2ccccc2)CCN1Cc1ccsc1. The standard InChI is InChI=1S/C21H19IN2OS/c22-19-9-5-4-8-18(19)21(25)24-20(17-6-2-1-3-7-17)10-12-23(24)14-16-11-13-26-15-16/h1-9,11,13,15,20H,10,12,14H2/t20-/m0/s1. The molecule has 1 fully saturated rings. The van der Waals surface area contributed by atoms with Crippen LogP contribution < -0.4 is 0 Å². The average molecular weight is 474 g/mol. The third-order valence-corrected chi connectivity index (χ3v) is 6.38. The largest absolute Gasteiger partial charge is 0.269 e. The van der Waals surface area contributed by atoms with Gasteiger partial charge in [0.15, 0.2) is 0 Å². The van der Waals surface area contributed by atoms with Crippen molar-refractivity contribution < 1.29 is 4.79 Å². The van der Waals surface area contributed by atoms with E-state index in [1.807, 2.05) is 47.5 Å². The van der Waals surface area contributed by atoms with Crippen LogP contribution in [0.4, 0.5) is 0 Å². The first-order chi connectivity index (χ1) is 12.7. The van der Waals surface area contributed by atoms with Crippen LogP contribution in [-0.4, -0.2) is 22.5 Å². The number of thiophene rings is 1. The fourth-order valence-corrected chi connectivity index (χ4v) is 4.74. The highest BCUT2D eigenvalue weighted by Crippen LogP contribution is 2.35. The van der Waals surface area contributed by atoms with E-state index in [1.54, 1.807) is 11.3 Å². The maximum absolute atomic E-state index is 13.5. The lowest BCUT2D eigenvalue weighted by atomic mass is 10.0. The Labute approximate surface area is 171 Å². The molecule has 1 aliphatic heterocycles. The lowest BCUT2D eigenvalue weighted by molar-refractivity contribution is -0.000777. The molecule has 0 radical (unpaired) electrons. The zero-order valence-electron chi connectivity index (χ0n) is 14.2. The van der Waals surface area contributed by atoms with Gasteiger partial charge >= 0.3 is 0 Å². The highest BCUT2D eigenvalue weighted by molar-refractivity contribution is 14.1. The number of nitrogens with zero attached hydrogens (tertiary/aromatic N) is 2. The topological polar surface area (TPSA) is 23.6 Å². The number of hydrogen-bond donors (Lipinski definition) is 0. The van der Waals surface area contributed by atoms with Crippen LogP contribution in [0.1, 0.15) is 33.9 Å². The van der Waals surface area contributed by atoms with Gasteiger partial charge in [0.1, 0.15) is 0 Å². The van der Waals surface area contributed by atoms with Crippen molar-refractivity contribution in [1.29, 1.82) is 0 Å². The first kappa shape index (κ1) is 17.7. The van der Waals surface area contributed by atoms with Gasteiger partial charge in [0.05, 0.1) is 11.6 Å². The van der Waals surface area contributed by atoms with E-state index in [2.05, 4.69) is 56.6 Å². The zero-order chi connectivity index (χ0) is 17.9. The molecule has 0 aliphatic carbocycles. The van der Waals surface area contributed by atoms with E-state index in [4.69, 9.17) is 0 Å². The molecule has 1 atom stereocenters.